The lowest BCUT2D eigenvalue weighted by atomic mass is 10.0. The molecule has 28 heavy (non-hydrogen) atoms. The average molecular weight is 394 g/mol. The van der Waals surface area contributed by atoms with Gasteiger partial charge < -0.3 is 4.74 Å². The summed E-state index contributed by atoms with van der Waals surface area (Å²) in [7, 11) is 1.28. The van der Waals surface area contributed by atoms with Crippen molar-refractivity contribution >= 4 is 29.3 Å². The van der Waals surface area contributed by atoms with E-state index in [-0.39, 0.29) is 18.0 Å². The molecule has 2 aromatic carbocycles. The first-order chi connectivity index (χ1) is 13.5. The summed E-state index contributed by atoms with van der Waals surface area (Å²) in [5, 5.41) is -0.557. The number of carbonyl (C=O) groups is 3. The Kier molecular flexibility index (Phi) is 8.43. The summed E-state index contributed by atoms with van der Waals surface area (Å²) in [6.07, 6.45) is 5.61. The summed E-state index contributed by atoms with van der Waals surface area (Å²) in [6.45, 7) is 1.99. The molecule has 0 aliphatic rings. The van der Waals surface area contributed by atoms with E-state index in [4.69, 9.17) is 0 Å². The summed E-state index contributed by atoms with van der Waals surface area (Å²) in [5.74, 6) is -0.775. The van der Waals surface area contributed by atoms with Gasteiger partial charge in [0, 0.05) is 23.0 Å². The Labute approximate surface area is 169 Å². The molecule has 0 amide bonds. The highest BCUT2D eigenvalue weighted by atomic mass is 32.2. The van der Waals surface area contributed by atoms with E-state index in [1.54, 1.807) is 24.3 Å². The number of hydrogen-bond donors (Lipinski definition) is 0. The monoisotopic (exact) mass is 394 g/mol. The maximum atomic E-state index is 12.7. The third kappa shape index (κ3) is 7.00. The van der Waals surface area contributed by atoms with Crippen molar-refractivity contribution in [2.75, 3.05) is 7.11 Å². The number of Topliss-reactive ketones (excluding diaryl/α,β-unsaturated/α-hetero) is 1. The highest BCUT2D eigenvalue weighted by Gasteiger charge is 2.22. The van der Waals surface area contributed by atoms with Gasteiger partial charge >= 0.3 is 5.97 Å². The van der Waals surface area contributed by atoms with Gasteiger partial charge in [-0.05, 0) is 25.1 Å². The normalized spacial score (nSPS) is 12.2. The van der Waals surface area contributed by atoms with E-state index in [1.807, 2.05) is 37.3 Å². The van der Waals surface area contributed by atoms with Crippen LogP contribution in [0.15, 0.2) is 83.8 Å². The maximum Gasteiger partial charge on any atom is 0.330 e. The van der Waals surface area contributed by atoms with Crippen LogP contribution in [0, 0.1) is 6.92 Å². The van der Waals surface area contributed by atoms with Crippen LogP contribution in [-0.4, -0.2) is 29.9 Å². The molecule has 0 aromatic heterocycles. The molecular weight excluding hydrogens is 372 g/mol. The zero-order valence-electron chi connectivity index (χ0n) is 15.8. The van der Waals surface area contributed by atoms with E-state index in [9.17, 15) is 14.4 Å². The van der Waals surface area contributed by atoms with Crippen LogP contribution in [0.25, 0.3) is 0 Å². The minimum atomic E-state index is -0.557. The first kappa shape index (κ1) is 21.4. The number of thioether (sulfide) groups is 1. The fraction of sp³-hybridized carbons (Fsp3) is 0.174. The lowest BCUT2D eigenvalue weighted by Gasteiger charge is -2.13. The molecule has 0 heterocycles. The quantitative estimate of drug-likeness (QED) is 0.205. The molecule has 4 nitrogen and oxygen atoms in total. The Hall–Kier alpha value is -2.92. The summed E-state index contributed by atoms with van der Waals surface area (Å²) in [6, 6.07) is 16.8. The Morgan fingerprint density at radius 2 is 1.61 bits per heavy atom. The van der Waals surface area contributed by atoms with Crippen LogP contribution in [0.5, 0.6) is 0 Å². The second-order valence-electron chi connectivity index (χ2n) is 6.06. The summed E-state index contributed by atoms with van der Waals surface area (Å²) < 4.78 is 4.50. The van der Waals surface area contributed by atoms with Gasteiger partial charge in [-0.3, -0.25) is 9.59 Å². The van der Waals surface area contributed by atoms with Crippen molar-refractivity contribution in [3.8, 4) is 0 Å². The summed E-state index contributed by atoms with van der Waals surface area (Å²) >= 11 is 1.36. The molecule has 0 saturated carbocycles. The van der Waals surface area contributed by atoms with Crippen molar-refractivity contribution in [2.24, 2.45) is 0 Å². The second-order valence-corrected chi connectivity index (χ2v) is 7.33. The van der Waals surface area contributed by atoms with E-state index in [1.165, 1.54) is 43.2 Å². The van der Waals surface area contributed by atoms with Crippen LogP contribution in [0.2, 0.25) is 0 Å². The van der Waals surface area contributed by atoms with Crippen LogP contribution in [0.1, 0.15) is 22.3 Å². The largest absolute Gasteiger partial charge is 0.466 e. The summed E-state index contributed by atoms with van der Waals surface area (Å²) in [4.78, 5) is 37.3. The van der Waals surface area contributed by atoms with Gasteiger partial charge in [0.25, 0.3) is 0 Å². The molecule has 0 aliphatic heterocycles. The molecule has 1 unspecified atom stereocenters. The van der Waals surface area contributed by atoms with Crippen LogP contribution in [0.4, 0.5) is 0 Å². The van der Waals surface area contributed by atoms with Crippen LogP contribution in [-0.2, 0) is 14.3 Å². The van der Waals surface area contributed by atoms with Crippen molar-refractivity contribution in [3.63, 3.8) is 0 Å². The number of carbonyl (C=O) groups excluding carboxylic acids is 3. The lowest BCUT2D eigenvalue weighted by molar-refractivity contribution is -0.134. The van der Waals surface area contributed by atoms with Crippen LogP contribution in [0.3, 0.4) is 0 Å². The van der Waals surface area contributed by atoms with E-state index in [0.717, 1.165) is 10.5 Å². The highest BCUT2D eigenvalue weighted by Crippen LogP contribution is 2.28. The molecule has 0 N–H and O–H groups in total. The molecule has 0 aliphatic carbocycles. The molecule has 0 saturated heterocycles. The van der Waals surface area contributed by atoms with Crippen molar-refractivity contribution < 1.29 is 19.1 Å². The van der Waals surface area contributed by atoms with Crippen LogP contribution >= 0.6 is 11.8 Å². The van der Waals surface area contributed by atoms with Crippen molar-refractivity contribution in [3.05, 3.63) is 90.0 Å². The summed E-state index contributed by atoms with van der Waals surface area (Å²) in [5.41, 5.74) is 1.71. The third-order valence-corrected chi connectivity index (χ3v) is 5.12. The van der Waals surface area contributed by atoms with E-state index in [0.29, 0.717) is 5.56 Å². The predicted molar refractivity (Wildman–Crippen MR) is 112 cm³/mol. The number of methoxy groups -OCH3 is 1. The number of hydrogen-bond acceptors (Lipinski definition) is 5. The molecule has 0 bridgehead atoms. The van der Waals surface area contributed by atoms with Gasteiger partial charge in [-0.2, -0.15) is 0 Å². The SMILES string of the molecule is COC(=O)/C=C/C=C/C(=O)C(CC(=O)c1ccccc1)Sc1ccc(C)cc1. The number of ether oxygens (including phenoxy) is 1. The van der Waals surface area contributed by atoms with Gasteiger partial charge in [0.05, 0.1) is 12.4 Å². The number of allylic oxidation sites excluding steroid dienone is 3. The van der Waals surface area contributed by atoms with Crippen molar-refractivity contribution in [1.82, 2.24) is 0 Å². The fourth-order valence-corrected chi connectivity index (χ4v) is 3.40. The topological polar surface area (TPSA) is 60.4 Å². The first-order valence-electron chi connectivity index (χ1n) is 8.77. The number of benzene rings is 2. The molecule has 0 radical (unpaired) electrons. The number of rotatable bonds is 9. The van der Waals surface area contributed by atoms with Gasteiger partial charge in [-0.15, -0.1) is 11.8 Å². The molecule has 2 rings (SSSR count). The molecule has 2 aromatic rings. The van der Waals surface area contributed by atoms with Gasteiger partial charge in [-0.1, -0.05) is 60.2 Å². The van der Waals surface area contributed by atoms with Crippen molar-refractivity contribution in [1.29, 1.82) is 0 Å². The first-order valence-corrected chi connectivity index (χ1v) is 9.65. The zero-order chi connectivity index (χ0) is 20.4. The Bertz CT molecular complexity index is 867. The molecule has 0 spiro atoms. The Morgan fingerprint density at radius 1 is 0.964 bits per heavy atom. The van der Waals surface area contributed by atoms with Gasteiger partial charge in [0.1, 0.15) is 0 Å². The van der Waals surface area contributed by atoms with Crippen LogP contribution < -0.4 is 0 Å². The van der Waals surface area contributed by atoms with E-state index in [2.05, 4.69) is 4.74 Å². The van der Waals surface area contributed by atoms with E-state index >= 15 is 0 Å². The fourth-order valence-electron chi connectivity index (χ4n) is 2.35. The van der Waals surface area contributed by atoms with Gasteiger partial charge in [0.2, 0.25) is 0 Å². The van der Waals surface area contributed by atoms with E-state index < -0.39 is 11.2 Å². The smallest absolute Gasteiger partial charge is 0.330 e. The Morgan fingerprint density at radius 3 is 2.25 bits per heavy atom. The number of esters is 1. The second kappa shape index (κ2) is 11.0. The zero-order valence-corrected chi connectivity index (χ0v) is 16.6. The minimum absolute atomic E-state index is 0.0861. The molecule has 144 valence electrons. The third-order valence-electron chi connectivity index (χ3n) is 3.89. The number of ketones is 2. The maximum absolute atomic E-state index is 12.7. The minimum Gasteiger partial charge on any atom is -0.466 e. The van der Waals surface area contributed by atoms with Crippen molar-refractivity contribution in [2.45, 2.75) is 23.5 Å². The standard InChI is InChI=1S/C23H22O4S/c1-17-12-14-19(15-13-17)28-22(16-21(25)18-8-4-3-5-9-18)20(24)10-6-7-11-23(26)27-2/h3-15,22H,16H2,1-2H3/b10-6+,11-7+. The number of aryl methyl sites for hydroxylation is 1. The molecule has 5 heteroatoms. The molecule has 1 atom stereocenters. The van der Waals surface area contributed by atoms with Gasteiger partial charge in [-0.25, -0.2) is 4.79 Å². The average Bonchev–Trinajstić information content (AvgIpc) is 2.72. The Balaban J connectivity index is 2.14. The highest BCUT2D eigenvalue weighted by molar-refractivity contribution is 8.00. The predicted octanol–water partition coefficient (Wildman–Crippen LogP) is 4.58. The molecule has 0 fully saturated rings. The molecular formula is C23H22O4S. The lowest BCUT2D eigenvalue weighted by Crippen LogP contribution is -2.19. The van der Waals surface area contributed by atoms with Gasteiger partial charge in [0.15, 0.2) is 11.6 Å².